The van der Waals surface area contributed by atoms with Crippen LogP contribution in [0.3, 0.4) is 0 Å². The molecule has 1 aromatic carbocycles. The van der Waals surface area contributed by atoms with Crippen LogP contribution in [0, 0.1) is 24.0 Å². The van der Waals surface area contributed by atoms with E-state index in [1.165, 1.54) is 18.2 Å². The van der Waals surface area contributed by atoms with Crippen molar-refractivity contribution >= 4 is 58.8 Å². The van der Waals surface area contributed by atoms with E-state index in [9.17, 15) is 29.6 Å². The number of pyridine rings is 1. The molecule has 2 amide bonds. The van der Waals surface area contributed by atoms with Gasteiger partial charge in [0.1, 0.15) is 5.82 Å². The van der Waals surface area contributed by atoms with Crippen molar-refractivity contribution in [2.75, 3.05) is 18.4 Å². The molecule has 4 N–H and O–H groups in total. The Balaban J connectivity index is 0.00000612. The number of carbonyl (C=O) groups excluding carboxylic acids is 2. The molecule has 2 rings (SSSR count). The van der Waals surface area contributed by atoms with Gasteiger partial charge >= 0.3 is 5.97 Å². The Kier molecular flexibility index (Phi) is 12.9. The molecule has 35 heavy (non-hydrogen) atoms. The molecule has 1 aromatic heterocycles. The van der Waals surface area contributed by atoms with Gasteiger partial charge in [0, 0.05) is 60.3 Å². The van der Waals surface area contributed by atoms with Crippen LogP contribution in [-0.4, -0.2) is 75.4 Å². The number of unbranched alkanes of at least 4 members (excludes halogenated alkanes) is 1. The first-order chi connectivity index (χ1) is 16.2. The molecular formula is C23H29N5NaO6. The zero-order valence-corrected chi connectivity index (χ0v) is 22.2. The van der Waals surface area contributed by atoms with Crippen molar-refractivity contribution in [3.63, 3.8) is 0 Å². The van der Waals surface area contributed by atoms with Crippen molar-refractivity contribution in [2.45, 2.75) is 45.6 Å². The molecule has 1 atom stereocenters. The summed E-state index contributed by atoms with van der Waals surface area (Å²) in [6, 6.07) is 7.15. The van der Waals surface area contributed by atoms with Gasteiger partial charge in [-0.15, -0.1) is 0 Å². The first kappa shape index (κ1) is 30.0. The summed E-state index contributed by atoms with van der Waals surface area (Å²) in [5, 5.41) is 28.6. The Labute approximate surface area is 225 Å². The zero-order valence-electron chi connectivity index (χ0n) is 20.2. The Morgan fingerprint density at radius 1 is 1.11 bits per heavy atom. The van der Waals surface area contributed by atoms with Gasteiger partial charge in [-0.3, -0.25) is 24.5 Å². The number of carbonyl (C=O) groups is 3. The van der Waals surface area contributed by atoms with E-state index in [0.717, 1.165) is 17.8 Å². The quantitative estimate of drug-likeness (QED) is 0.143. The monoisotopic (exact) mass is 494 g/mol. The molecule has 1 unspecified atom stereocenters. The molecule has 0 saturated carbocycles. The third-order valence-corrected chi connectivity index (χ3v) is 5.04. The average molecular weight is 495 g/mol. The maximum atomic E-state index is 12.3. The summed E-state index contributed by atoms with van der Waals surface area (Å²) in [7, 11) is 0. The molecule has 0 aliphatic rings. The third kappa shape index (κ3) is 10.8. The molecule has 0 aliphatic heterocycles. The van der Waals surface area contributed by atoms with Gasteiger partial charge in [-0.1, -0.05) is 12.1 Å². The third-order valence-electron chi connectivity index (χ3n) is 5.04. The second kappa shape index (κ2) is 15.1. The maximum absolute atomic E-state index is 12.3. The predicted octanol–water partition coefficient (Wildman–Crippen LogP) is 2.26. The molecule has 0 bridgehead atoms. The van der Waals surface area contributed by atoms with Crippen LogP contribution >= 0.6 is 0 Å². The number of anilines is 1. The molecule has 1 radical (unpaired) electrons. The van der Waals surface area contributed by atoms with Crippen molar-refractivity contribution in [3.05, 3.63) is 63.3 Å². The molecule has 1 heterocycles. The molecule has 0 saturated heterocycles. The minimum absolute atomic E-state index is 0. The molecule has 11 nitrogen and oxygen atoms in total. The number of aliphatic carboxylic acids is 1. The topological polar surface area (TPSA) is 164 Å². The predicted molar refractivity (Wildman–Crippen MR) is 131 cm³/mol. The van der Waals surface area contributed by atoms with Crippen LogP contribution in [0.1, 0.15) is 48.4 Å². The second-order valence-corrected chi connectivity index (χ2v) is 7.90. The number of nitro groups is 1. The van der Waals surface area contributed by atoms with Crippen LogP contribution in [-0.2, 0) is 14.4 Å². The van der Waals surface area contributed by atoms with E-state index in [1.54, 1.807) is 13.1 Å². The van der Waals surface area contributed by atoms with Crippen LogP contribution in [0.4, 0.5) is 11.5 Å². The van der Waals surface area contributed by atoms with Gasteiger partial charge < -0.3 is 21.1 Å². The van der Waals surface area contributed by atoms with Crippen molar-refractivity contribution < 1.29 is 24.4 Å². The SMILES string of the molecule is Cc1ccnc(NCCCCC(=O)NCC(=O)NC(CC(=O)O)c2ccc(C)c([N+](=O)[O-])c2)c1.[Na]. The number of amides is 2. The summed E-state index contributed by atoms with van der Waals surface area (Å²) < 4.78 is 0. The van der Waals surface area contributed by atoms with Crippen LogP contribution in [0.5, 0.6) is 0 Å². The van der Waals surface area contributed by atoms with E-state index in [4.69, 9.17) is 0 Å². The van der Waals surface area contributed by atoms with Crippen molar-refractivity contribution in [2.24, 2.45) is 0 Å². The van der Waals surface area contributed by atoms with E-state index in [1.807, 2.05) is 19.1 Å². The summed E-state index contributed by atoms with van der Waals surface area (Å²) in [6.07, 6.45) is 2.85. The van der Waals surface area contributed by atoms with Crippen molar-refractivity contribution in [1.82, 2.24) is 15.6 Å². The Morgan fingerprint density at radius 3 is 2.51 bits per heavy atom. The first-order valence-corrected chi connectivity index (χ1v) is 10.8. The summed E-state index contributed by atoms with van der Waals surface area (Å²) in [4.78, 5) is 50.4. The smallest absolute Gasteiger partial charge is 0.305 e. The number of aryl methyl sites for hydroxylation is 2. The maximum Gasteiger partial charge on any atom is 0.305 e. The minimum atomic E-state index is -1.17. The molecule has 0 fully saturated rings. The van der Waals surface area contributed by atoms with E-state index in [2.05, 4.69) is 20.9 Å². The number of hydrogen-bond acceptors (Lipinski definition) is 7. The number of carboxylic acid groups (broad SMARTS) is 1. The summed E-state index contributed by atoms with van der Waals surface area (Å²) in [5.41, 5.74) is 1.66. The molecule has 0 aliphatic carbocycles. The Morgan fingerprint density at radius 2 is 1.86 bits per heavy atom. The number of carboxylic acids is 1. The fourth-order valence-corrected chi connectivity index (χ4v) is 3.24. The molecule has 0 spiro atoms. The van der Waals surface area contributed by atoms with Gasteiger partial charge in [0.25, 0.3) is 5.69 Å². The molecule has 2 aromatic rings. The molecule has 12 heteroatoms. The summed E-state index contributed by atoms with van der Waals surface area (Å²) >= 11 is 0. The molecular weight excluding hydrogens is 465 g/mol. The fraction of sp³-hybridized carbons (Fsp3) is 0.391. The zero-order chi connectivity index (χ0) is 25.1. The van der Waals surface area contributed by atoms with Gasteiger partial charge in [0.2, 0.25) is 11.8 Å². The van der Waals surface area contributed by atoms with Gasteiger partial charge in [-0.2, -0.15) is 0 Å². The Hall–Kier alpha value is -3.02. The number of aromatic nitrogens is 1. The first-order valence-electron chi connectivity index (χ1n) is 10.8. The summed E-state index contributed by atoms with van der Waals surface area (Å²) in [5.74, 6) is -1.29. The van der Waals surface area contributed by atoms with E-state index >= 15 is 0 Å². The van der Waals surface area contributed by atoms with Crippen LogP contribution < -0.4 is 16.0 Å². The van der Waals surface area contributed by atoms with Crippen LogP contribution in [0.2, 0.25) is 0 Å². The van der Waals surface area contributed by atoms with E-state index in [0.29, 0.717) is 24.1 Å². The summed E-state index contributed by atoms with van der Waals surface area (Å²) in [6.45, 7) is 3.87. The van der Waals surface area contributed by atoms with Gasteiger partial charge in [0.15, 0.2) is 0 Å². The normalized spacial score (nSPS) is 11.0. The van der Waals surface area contributed by atoms with Crippen LogP contribution in [0.15, 0.2) is 36.5 Å². The number of rotatable bonds is 13. The fourth-order valence-electron chi connectivity index (χ4n) is 3.24. The number of nitro benzene ring substituents is 1. The van der Waals surface area contributed by atoms with Gasteiger partial charge in [-0.25, -0.2) is 4.98 Å². The second-order valence-electron chi connectivity index (χ2n) is 7.90. The van der Waals surface area contributed by atoms with Crippen molar-refractivity contribution in [3.8, 4) is 0 Å². The minimum Gasteiger partial charge on any atom is -0.481 e. The number of benzene rings is 1. The standard InChI is InChI=1S/C23H29N5O6.Na/c1-15-8-10-25-20(11-15)24-9-4-3-5-21(29)26-14-22(30)27-18(13-23(31)32)17-7-6-16(2)19(12-17)28(33)34;/h6-8,10-12,18H,3-5,9,13-14H2,1-2H3,(H,24,25)(H,26,29)(H,27,30)(H,31,32);. The number of hydrogen-bond donors (Lipinski definition) is 4. The Bertz CT molecular complexity index is 1050. The number of nitrogens with one attached hydrogen (secondary N) is 3. The molecule has 183 valence electrons. The largest absolute Gasteiger partial charge is 0.481 e. The van der Waals surface area contributed by atoms with Crippen molar-refractivity contribution in [1.29, 1.82) is 0 Å². The average Bonchev–Trinajstić information content (AvgIpc) is 2.77. The van der Waals surface area contributed by atoms with Gasteiger partial charge in [0.05, 0.1) is 23.9 Å². The number of nitrogens with zero attached hydrogens (tertiary/aromatic N) is 2. The van der Waals surface area contributed by atoms with E-state index in [-0.39, 0.29) is 54.1 Å². The van der Waals surface area contributed by atoms with Gasteiger partial charge in [-0.05, 0) is 49.9 Å². The van der Waals surface area contributed by atoms with Crippen LogP contribution in [0.25, 0.3) is 0 Å². The van der Waals surface area contributed by atoms with E-state index < -0.39 is 29.3 Å².